The number of piperazine rings is 1. The number of rotatable bonds is 4. The number of hydrogen-bond acceptors (Lipinski definition) is 5. The molecule has 0 bridgehead atoms. The molecule has 0 N–H and O–H groups in total. The quantitative estimate of drug-likeness (QED) is 0.827. The summed E-state index contributed by atoms with van der Waals surface area (Å²) < 4.78 is 25.9. The molecule has 0 amide bonds. The lowest BCUT2D eigenvalue weighted by molar-refractivity contribution is 0.153. The third-order valence-corrected chi connectivity index (χ3v) is 7.19. The zero-order valence-electron chi connectivity index (χ0n) is 15.1. The molecule has 0 aromatic heterocycles. The Labute approximate surface area is 155 Å². The van der Waals surface area contributed by atoms with Gasteiger partial charge in [-0.25, -0.2) is 8.42 Å². The van der Waals surface area contributed by atoms with Gasteiger partial charge < -0.3 is 14.7 Å². The Morgan fingerprint density at radius 1 is 0.808 bits per heavy atom. The van der Waals surface area contributed by atoms with Crippen molar-refractivity contribution in [1.29, 1.82) is 0 Å². The summed E-state index contributed by atoms with van der Waals surface area (Å²) in [5, 5.41) is 0. The van der Waals surface area contributed by atoms with E-state index in [1.54, 1.807) is 24.3 Å². The second kappa shape index (κ2) is 7.02. The Morgan fingerprint density at radius 3 is 1.92 bits per heavy atom. The number of nitrogens with zero attached hydrogens (tertiary/aromatic N) is 3. The minimum absolute atomic E-state index is 0.415. The summed E-state index contributed by atoms with van der Waals surface area (Å²) >= 11 is 0. The number of fused-ring (bicyclic) bond motifs is 2. The summed E-state index contributed by atoms with van der Waals surface area (Å²) in [4.78, 5) is 7.86. The van der Waals surface area contributed by atoms with Crippen molar-refractivity contribution in [2.24, 2.45) is 0 Å². The van der Waals surface area contributed by atoms with Crippen LogP contribution in [0, 0.1) is 0 Å². The van der Waals surface area contributed by atoms with E-state index in [2.05, 4.69) is 21.7 Å². The number of likely N-dealkylation sites (N-methyl/N-ethyl adjacent to an activating group) is 1. The number of sulfone groups is 1. The first kappa shape index (κ1) is 17.5. The third-order valence-electron chi connectivity index (χ3n) is 5.34. The first-order valence-corrected chi connectivity index (χ1v) is 10.7. The highest BCUT2D eigenvalue weighted by atomic mass is 32.2. The molecule has 0 radical (unpaired) electrons. The lowest BCUT2D eigenvalue weighted by Gasteiger charge is -2.35. The monoisotopic (exact) mass is 371 g/mol. The number of anilines is 2. The van der Waals surface area contributed by atoms with Gasteiger partial charge >= 0.3 is 0 Å². The summed E-state index contributed by atoms with van der Waals surface area (Å²) in [6, 6.07) is 14.7. The van der Waals surface area contributed by atoms with Gasteiger partial charge in [-0.1, -0.05) is 24.3 Å². The van der Waals surface area contributed by atoms with Crippen molar-refractivity contribution in [2.45, 2.75) is 16.2 Å². The lowest BCUT2D eigenvalue weighted by atomic mass is 10.2. The van der Waals surface area contributed by atoms with Gasteiger partial charge in [-0.15, -0.1) is 0 Å². The van der Waals surface area contributed by atoms with Gasteiger partial charge in [0.05, 0.1) is 21.2 Å². The van der Waals surface area contributed by atoms with E-state index < -0.39 is 9.84 Å². The second-order valence-corrected chi connectivity index (χ2v) is 8.98. The predicted octanol–water partition coefficient (Wildman–Crippen LogP) is 2.61. The number of benzene rings is 2. The maximum Gasteiger partial charge on any atom is 0.210 e. The zero-order chi connectivity index (χ0) is 18.1. The fourth-order valence-electron chi connectivity index (χ4n) is 3.83. The molecule has 5 nitrogen and oxygen atoms in total. The topological polar surface area (TPSA) is 43.9 Å². The molecule has 2 heterocycles. The van der Waals surface area contributed by atoms with Gasteiger partial charge in [0.25, 0.3) is 0 Å². The minimum Gasteiger partial charge on any atom is -0.339 e. The van der Waals surface area contributed by atoms with Gasteiger partial charge in [0.2, 0.25) is 9.84 Å². The van der Waals surface area contributed by atoms with Crippen LogP contribution in [0.3, 0.4) is 0 Å². The molecule has 0 saturated carbocycles. The average molecular weight is 372 g/mol. The Morgan fingerprint density at radius 2 is 1.35 bits per heavy atom. The molecule has 26 heavy (non-hydrogen) atoms. The molecule has 0 aliphatic carbocycles. The number of para-hydroxylation sites is 2. The van der Waals surface area contributed by atoms with Crippen LogP contribution in [0.15, 0.2) is 58.3 Å². The van der Waals surface area contributed by atoms with Crippen LogP contribution in [0.4, 0.5) is 11.4 Å². The van der Waals surface area contributed by atoms with Crippen molar-refractivity contribution < 1.29 is 8.42 Å². The van der Waals surface area contributed by atoms with Gasteiger partial charge in [-0.3, -0.25) is 0 Å². The van der Waals surface area contributed by atoms with E-state index in [-0.39, 0.29) is 0 Å². The average Bonchev–Trinajstić information content (AvgIpc) is 2.66. The molecule has 1 fully saturated rings. The summed E-state index contributed by atoms with van der Waals surface area (Å²) in [5.41, 5.74) is 1.59. The van der Waals surface area contributed by atoms with Crippen molar-refractivity contribution in [2.75, 3.05) is 51.2 Å². The standard InChI is InChI=1S/C20H25N3O2S/c1-21-13-15-22(16-14-21)11-6-12-23-17-7-2-4-9-19(17)26(24,25)20-10-5-3-8-18(20)23/h2-5,7-10H,6,11-16H2,1H3. The van der Waals surface area contributed by atoms with E-state index in [0.29, 0.717) is 9.79 Å². The SMILES string of the molecule is CN1CCN(CCCN2c3ccccc3S(=O)(=O)c3ccccc32)CC1. The Kier molecular flexibility index (Phi) is 4.73. The van der Waals surface area contributed by atoms with Crippen LogP contribution in [0.1, 0.15) is 6.42 Å². The van der Waals surface area contributed by atoms with Crippen LogP contribution in [-0.2, 0) is 9.84 Å². The molecular weight excluding hydrogens is 346 g/mol. The van der Waals surface area contributed by atoms with Crippen molar-refractivity contribution in [3.63, 3.8) is 0 Å². The van der Waals surface area contributed by atoms with Gasteiger partial charge in [0, 0.05) is 32.7 Å². The Hall–Kier alpha value is -1.89. The van der Waals surface area contributed by atoms with Crippen molar-refractivity contribution >= 4 is 21.2 Å². The van der Waals surface area contributed by atoms with E-state index in [1.807, 2.05) is 24.3 Å². The highest BCUT2D eigenvalue weighted by molar-refractivity contribution is 7.92. The van der Waals surface area contributed by atoms with Crippen LogP contribution in [0.25, 0.3) is 0 Å². The molecule has 6 heteroatoms. The molecule has 0 atom stereocenters. The second-order valence-electron chi connectivity index (χ2n) is 7.09. The molecule has 1 saturated heterocycles. The van der Waals surface area contributed by atoms with Crippen molar-refractivity contribution in [1.82, 2.24) is 9.80 Å². The molecule has 138 valence electrons. The molecule has 2 aliphatic rings. The van der Waals surface area contributed by atoms with E-state index in [4.69, 9.17) is 0 Å². The van der Waals surface area contributed by atoms with E-state index >= 15 is 0 Å². The summed E-state index contributed by atoms with van der Waals surface area (Å²) in [6.07, 6.45) is 1.01. The molecule has 2 aliphatic heterocycles. The molecule has 2 aromatic carbocycles. The third kappa shape index (κ3) is 3.13. The van der Waals surface area contributed by atoms with E-state index in [0.717, 1.165) is 57.1 Å². The Bertz CT molecular complexity index is 836. The largest absolute Gasteiger partial charge is 0.339 e. The lowest BCUT2D eigenvalue weighted by Crippen LogP contribution is -2.45. The summed E-state index contributed by atoms with van der Waals surface area (Å²) in [6.45, 7) is 6.31. The van der Waals surface area contributed by atoms with Crippen LogP contribution in [-0.4, -0.2) is 64.5 Å². The highest BCUT2D eigenvalue weighted by Crippen LogP contribution is 2.43. The van der Waals surface area contributed by atoms with Crippen LogP contribution >= 0.6 is 0 Å². The maximum absolute atomic E-state index is 13.0. The van der Waals surface area contributed by atoms with Gasteiger partial charge in [0.15, 0.2) is 0 Å². The van der Waals surface area contributed by atoms with Gasteiger partial charge in [-0.05, 0) is 44.3 Å². The van der Waals surface area contributed by atoms with Crippen molar-refractivity contribution in [3.8, 4) is 0 Å². The van der Waals surface area contributed by atoms with Gasteiger partial charge in [0.1, 0.15) is 0 Å². The fourth-order valence-corrected chi connectivity index (χ4v) is 5.49. The highest BCUT2D eigenvalue weighted by Gasteiger charge is 2.33. The molecule has 0 spiro atoms. The van der Waals surface area contributed by atoms with Crippen molar-refractivity contribution in [3.05, 3.63) is 48.5 Å². The summed E-state index contributed by atoms with van der Waals surface area (Å²) in [5.74, 6) is 0. The smallest absolute Gasteiger partial charge is 0.210 e. The first-order valence-electron chi connectivity index (χ1n) is 9.19. The normalized spacial score (nSPS) is 19.8. The predicted molar refractivity (Wildman–Crippen MR) is 104 cm³/mol. The molecule has 2 aromatic rings. The number of hydrogen-bond donors (Lipinski definition) is 0. The fraction of sp³-hybridized carbons (Fsp3) is 0.400. The molecular formula is C20H25N3O2S. The van der Waals surface area contributed by atoms with Crippen LogP contribution < -0.4 is 4.90 Å². The van der Waals surface area contributed by atoms with E-state index in [1.165, 1.54) is 0 Å². The summed E-state index contributed by atoms with van der Waals surface area (Å²) in [7, 11) is -1.28. The first-order chi connectivity index (χ1) is 12.6. The minimum atomic E-state index is -3.44. The zero-order valence-corrected chi connectivity index (χ0v) is 16.0. The van der Waals surface area contributed by atoms with E-state index in [9.17, 15) is 8.42 Å². The van der Waals surface area contributed by atoms with Crippen LogP contribution in [0.2, 0.25) is 0 Å². The molecule has 4 rings (SSSR count). The maximum atomic E-state index is 13.0. The van der Waals surface area contributed by atoms with Gasteiger partial charge in [-0.2, -0.15) is 0 Å². The molecule has 0 unspecified atom stereocenters. The van der Waals surface area contributed by atoms with Crippen LogP contribution in [0.5, 0.6) is 0 Å². The Balaban J connectivity index is 1.57.